The Bertz CT molecular complexity index is 1240. The summed E-state index contributed by atoms with van der Waals surface area (Å²) >= 11 is 18.4. The summed E-state index contributed by atoms with van der Waals surface area (Å²) in [4.78, 5) is 25.2. The molecule has 0 N–H and O–H groups in total. The van der Waals surface area contributed by atoms with Gasteiger partial charge in [-0.1, -0.05) is 53.2 Å². The van der Waals surface area contributed by atoms with Crippen LogP contribution in [0.2, 0.25) is 10.0 Å². The van der Waals surface area contributed by atoms with Gasteiger partial charge in [-0.2, -0.15) is 0 Å². The number of rotatable bonds is 4. The smallest absolute Gasteiger partial charge is 0.288 e. The van der Waals surface area contributed by atoms with Crippen molar-refractivity contribution in [3.8, 4) is 11.3 Å². The molecule has 2 heterocycles. The fraction of sp³-hybridized carbons (Fsp3) is 0. The first-order chi connectivity index (χ1) is 14.3. The van der Waals surface area contributed by atoms with Crippen molar-refractivity contribution in [2.45, 2.75) is 0 Å². The fourth-order valence-corrected chi connectivity index (χ4v) is 4.48. The number of thioether (sulfide) groups is 1. The number of nitro groups is 1. The Morgan fingerprint density at radius 3 is 2.67 bits per heavy atom. The van der Waals surface area contributed by atoms with Gasteiger partial charge in [-0.25, -0.2) is 0 Å². The number of anilines is 1. The van der Waals surface area contributed by atoms with Crippen LogP contribution in [0.1, 0.15) is 5.76 Å². The summed E-state index contributed by atoms with van der Waals surface area (Å²) in [6.07, 6.45) is 1.58. The highest BCUT2D eigenvalue weighted by Crippen LogP contribution is 2.37. The molecule has 6 nitrogen and oxygen atoms in total. The molecule has 1 aliphatic heterocycles. The molecule has 0 aliphatic carbocycles. The molecule has 10 heteroatoms. The lowest BCUT2D eigenvalue weighted by atomic mass is 10.1. The lowest BCUT2D eigenvalue weighted by molar-refractivity contribution is -0.384. The first-order valence-electron chi connectivity index (χ1n) is 8.41. The maximum absolute atomic E-state index is 12.8. The van der Waals surface area contributed by atoms with Gasteiger partial charge in [0.1, 0.15) is 16.5 Å². The molecule has 0 radical (unpaired) electrons. The Hall–Kier alpha value is -2.65. The SMILES string of the molecule is O=C1/C(=C\c2ccc(-c3ccc(Cl)c([N+](=O)[O-])c3)o2)SC(=S)N1c1cccc(Cl)c1. The topological polar surface area (TPSA) is 76.6 Å². The molecule has 3 aromatic rings. The molecule has 1 amide bonds. The maximum atomic E-state index is 12.8. The van der Waals surface area contributed by atoms with Crippen LogP contribution in [-0.2, 0) is 4.79 Å². The van der Waals surface area contributed by atoms with Crippen LogP contribution >= 0.6 is 47.2 Å². The Labute approximate surface area is 190 Å². The standard InChI is InChI=1S/C20H10Cl2N2O4S2/c21-12-2-1-3-13(9-12)23-19(25)18(30-20(23)29)10-14-5-7-17(28-14)11-4-6-15(22)16(8-11)24(26)27/h1-10H/b18-10+. The van der Waals surface area contributed by atoms with Gasteiger partial charge in [-0.15, -0.1) is 0 Å². The number of carbonyl (C=O) groups excluding carboxylic acids is 1. The molecule has 4 rings (SSSR count). The van der Waals surface area contributed by atoms with Crippen molar-refractivity contribution >= 4 is 74.9 Å². The highest BCUT2D eigenvalue weighted by Gasteiger charge is 2.33. The van der Waals surface area contributed by atoms with E-state index in [1.54, 1.807) is 48.5 Å². The highest BCUT2D eigenvalue weighted by molar-refractivity contribution is 8.27. The minimum atomic E-state index is -0.559. The van der Waals surface area contributed by atoms with E-state index in [2.05, 4.69) is 0 Å². The van der Waals surface area contributed by atoms with Crippen LogP contribution in [-0.4, -0.2) is 15.2 Å². The lowest BCUT2D eigenvalue weighted by Crippen LogP contribution is -2.27. The second-order valence-corrected chi connectivity index (χ2v) is 8.64. The summed E-state index contributed by atoms with van der Waals surface area (Å²) in [5.41, 5.74) is 0.869. The number of carbonyl (C=O) groups is 1. The van der Waals surface area contributed by atoms with Gasteiger partial charge in [0.25, 0.3) is 11.6 Å². The quantitative estimate of drug-likeness (QED) is 0.183. The molecule has 0 bridgehead atoms. The van der Waals surface area contributed by atoms with Gasteiger partial charge < -0.3 is 4.42 Å². The van der Waals surface area contributed by atoms with E-state index in [1.807, 2.05) is 0 Å². The van der Waals surface area contributed by atoms with E-state index in [-0.39, 0.29) is 16.6 Å². The fourth-order valence-electron chi connectivity index (χ4n) is 2.83. The van der Waals surface area contributed by atoms with Crippen LogP contribution in [0, 0.1) is 10.1 Å². The lowest BCUT2D eigenvalue weighted by Gasteiger charge is -2.14. The van der Waals surface area contributed by atoms with Crippen LogP contribution in [0.5, 0.6) is 0 Å². The van der Waals surface area contributed by atoms with Crippen LogP contribution in [0.3, 0.4) is 0 Å². The Morgan fingerprint density at radius 1 is 1.13 bits per heavy atom. The first kappa shape index (κ1) is 20.6. The van der Waals surface area contributed by atoms with E-state index in [9.17, 15) is 14.9 Å². The molecule has 0 unspecified atom stereocenters. The summed E-state index contributed by atoms with van der Waals surface area (Å²) in [5.74, 6) is 0.535. The number of furan rings is 1. The molecule has 2 aromatic carbocycles. The Morgan fingerprint density at radius 2 is 1.93 bits per heavy atom. The van der Waals surface area contributed by atoms with Crippen LogP contribution in [0.4, 0.5) is 11.4 Å². The molecule has 1 saturated heterocycles. The number of halogens is 2. The van der Waals surface area contributed by atoms with E-state index in [1.165, 1.54) is 17.0 Å². The monoisotopic (exact) mass is 476 g/mol. The van der Waals surface area contributed by atoms with Crippen molar-refractivity contribution in [1.82, 2.24) is 0 Å². The van der Waals surface area contributed by atoms with Crippen molar-refractivity contribution < 1.29 is 14.1 Å². The van der Waals surface area contributed by atoms with Crippen LogP contribution in [0.15, 0.2) is 63.9 Å². The number of amides is 1. The second-order valence-electron chi connectivity index (χ2n) is 6.12. The molecule has 30 heavy (non-hydrogen) atoms. The van der Waals surface area contributed by atoms with Crippen molar-refractivity contribution in [1.29, 1.82) is 0 Å². The summed E-state index contributed by atoms with van der Waals surface area (Å²) in [5, 5.41) is 11.6. The molecular weight excluding hydrogens is 467 g/mol. The first-order valence-corrected chi connectivity index (χ1v) is 10.4. The summed E-state index contributed by atoms with van der Waals surface area (Å²) in [7, 11) is 0. The molecule has 0 saturated carbocycles. The van der Waals surface area contributed by atoms with Gasteiger partial charge in [0.05, 0.1) is 15.5 Å². The van der Waals surface area contributed by atoms with Gasteiger partial charge in [0.2, 0.25) is 0 Å². The second kappa shape index (κ2) is 8.23. The van der Waals surface area contributed by atoms with Crippen LogP contribution in [0.25, 0.3) is 17.4 Å². The minimum absolute atomic E-state index is 0.0419. The average Bonchev–Trinajstić information content (AvgIpc) is 3.26. The maximum Gasteiger partial charge on any atom is 0.288 e. The van der Waals surface area contributed by atoms with E-state index in [4.69, 9.17) is 39.8 Å². The van der Waals surface area contributed by atoms with E-state index >= 15 is 0 Å². The van der Waals surface area contributed by atoms with Crippen LogP contribution < -0.4 is 4.90 Å². The molecule has 0 spiro atoms. The van der Waals surface area contributed by atoms with Crippen molar-refractivity contribution in [3.05, 3.63) is 85.4 Å². The van der Waals surface area contributed by atoms with Gasteiger partial charge in [0.15, 0.2) is 4.32 Å². The van der Waals surface area contributed by atoms with Gasteiger partial charge >= 0.3 is 0 Å². The zero-order chi connectivity index (χ0) is 21.4. The number of hydrogen-bond acceptors (Lipinski definition) is 6. The Balaban J connectivity index is 1.62. The number of nitro benzene ring substituents is 1. The molecule has 1 aromatic heterocycles. The zero-order valence-electron chi connectivity index (χ0n) is 14.9. The third kappa shape index (κ3) is 3.99. The van der Waals surface area contributed by atoms with Gasteiger partial charge in [0, 0.05) is 22.7 Å². The molecule has 150 valence electrons. The average molecular weight is 477 g/mol. The van der Waals surface area contributed by atoms with Crippen molar-refractivity contribution in [3.63, 3.8) is 0 Å². The van der Waals surface area contributed by atoms with E-state index < -0.39 is 4.92 Å². The predicted octanol–water partition coefficient (Wildman–Crippen LogP) is 6.57. The third-order valence-corrected chi connectivity index (χ3v) is 6.04. The molecule has 1 aliphatic rings. The van der Waals surface area contributed by atoms with Gasteiger partial charge in [-0.3, -0.25) is 19.8 Å². The summed E-state index contributed by atoms with van der Waals surface area (Å²) in [6.45, 7) is 0. The van der Waals surface area contributed by atoms with Crippen molar-refractivity contribution in [2.24, 2.45) is 0 Å². The predicted molar refractivity (Wildman–Crippen MR) is 123 cm³/mol. The normalized spacial score (nSPS) is 15.3. The Kier molecular flexibility index (Phi) is 5.66. The van der Waals surface area contributed by atoms with E-state index in [0.717, 1.165) is 11.8 Å². The molecule has 0 atom stereocenters. The number of hydrogen-bond donors (Lipinski definition) is 0. The highest BCUT2D eigenvalue weighted by atomic mass is 35.5. The van der Waals surface area contributed by atoms with Gasteiger partial charge in [-0.05, 0) is 42.5 Å². The molecule has 1 fully saturated rings. The van der Waals surface area contributed by atoms with Crippen molar-refractivity contribution in [2.75, 3.05) is 4.90 Å². The summed E-state index contributed by atoms with van der Waals surface area (Å²) < 4.78 is 6.14. The number of nitrogens with zero attached hydrogens (tertiary/aromatic N) is 2. The number of thiocarbonyl (C=S) groups is 1. The minimum Gasteiger partial charge on any atom is -0.457 e. The number of benzene rings is 2. The zero-order valence-corrected chi connectivity index (χ0v) is 18.0. The molecular formula is C20H10Cl2N2O4S2. The third-order valence-electron chi connectivity index (χ3n) is 4.19. The van der Waals surface area contributed by atoms with E-state index in [0.29, 0.717) is 37.0 Å². The summed E-state index contributed by atoms with van der Waals surface area (Å²) in [6, 6.07) is 14.6. The largest absolute Gasteiger partial charge is 0.457 e.